The number of amides is 1. The summed E-state index contributed by atoms with van der Waals surface area (Å²) in [7, 11) is 1.61. The van der Waals surface area contributed by atoms with Gasteiger partial charge in [-0.1, -0.05) is 30.3 Å². The first-order valence-corrected chi connectivity index (χ1v) is 13.2. The Morgan fingerprint density at radius 1 is 1.05 bits per heavy atom. The van der Waals surface area contributed by atoms with E-state index in [2.05, 4.69) is 37.5 Å². The second-order valence-electron chi connectivity index (χ2n) is 9.71. The van der Waals surface area contributed by atoms with Gasteiger partial charge in [0.05, 0.1) is 13.4 Å². The van der Waals surface area contributed by atoms with Crippen molar-refractivity contribution in [3.8, 4) is 5.75 Å². The molecule has 1 N–H and O–H groups in total. The van der Waals surface area contributed by atoms with Crippen molar-refractivity contribution in [3.05, 3.63) is 106 Å². The highest BCUT2D eigenvalue weighted by Crippen LogP contribution is 2.29. The number of rotatable bonds is 8. The number of furan rings is 1. The summed E-state index contributed by atoms with van der Waals surface area (Å²) in [6, 6.07) is 20.4. The highest BCUT2D eigenvalue weighted by Gasteiger charge is 2.34. The number of aromatic amines is 1. The molecule has 0 unspecified atom stereocenters. The maximum Gasteiger partial charge on any atom is 0.289 e. The van der Waals surface area contributed by atoms with Crippen LogP contribution in [-0.2, 0) is 13.0 Å². The molecule has 3 aromatic heterocycles. The molecule has 1 fully saturated rings. The van der Waals surface area contributed by atoms with Gasteiger partial charge in [-0.2, -0.15) is 0 Å². The standard InChI is InChI=1S/C29H29N7O4/c1-39-22-9-10-24-21(18-22)19-23(28(37)30-24)26(27-31-32-33-36(27)12-11-20-6-3-2-4-7-20)34-13-15-35(16-14-34)29(38)25-8-5-17-40-25/h2-10,17-19,26H,11-16H2,1H3,(H,30,37)/t26-/m1/s1. The Kier molecular flexibility index (Phi) is 7.11. The number of carbonyl (C=O) groups excluding carboxylic acids is 1. The van der Waals surface area contributed by atoms with Crippen LogP contribution in [0.15, 0.2) is 82.2 Å². The summed E-state index contributed by atoms with van der Waals surface area (Å²) < 4.78 is 12.5. The number of ether oxygens (including phenoxy) is 1. The van der Waals surface area contributed by atoms with E-state index in [0.29, 0.717) is 61.1 Å². The Bertz CT molecular complexity index is 1660. The van der Waals surface area contributed by atoms with Crippen LogP contribution in [-0.4, -0.2) is 74.2 Å². The predicted molar refractivity (Wildman–Crippen MR) is 147 cm³/mol. The lowest BCUT2D eigenvalue weighted by Crippen LogP contribution is -2.50. The summed E-state index contributed by atoms with van der Waals surface area (Å²) >= 11 is 0. The fourth-order valence-electron chi connectivity index (χ4n) is 5.22. The number of nitrogens with zero attached hydrogens (tertiary/aromatic N) is 6. The molecule has 1 aliphatic rings. The number of pyridine rings is 1. The molecule has 5 aromatic rings. The molecule has 40 heavy (non-hydrogen) atoms. The van der Waals surface area contributed by atoms with E-state index in [0.717, 1.165) is 11.8 Å². The molecule has 11 nitrogen and oxygen atoms in total. The number of piperazine rings is 1. The van der Waals surface area contributed by atoms with Gasteiger partial charge in [-0.15, -0.1) is 5.10 Å². The number of hydrogen-bond donors (Lipinski definition) is 1. The molecule has 0 spiro atoms. The number of carbonyl (C=O) groups is 1. The van der Waals surface area contributed by atoms with E-state index in [1.54, 1.807) is 28.8 Å². The van der Waals surface area contributed by atoms with Crippen LogP contribution in [0.2, 0.25) is 0 Å². The normalized spacial score (nSPS) is 14.9. The minimum Gasteiger partial charge on any atom is -0.497 e. The van der Waals surface area contributed by atoms with Crippen molar-refractivity contribution in [2.45, 2.75) is 19.0 Å². The van der Waals surface area contributed by atoms with Crippen molar-refractivity contribution in [2.75, 3.05) is 33.3 Å². The van der Waals surface area contributed by atoms with E-state index in [1.165, 1.54) is 11.8 Å². The third kappa shape index (κ3) is 5.10. The third-order valence-electron chi connectivity index (χ3n) is 7.33. The van der Waals surface area contributed by atoms with Crippen molar-refractivity contribution < 1.29 is 13.9 Å². The number of benzene rings is 2. The van der Waals surface area contributed by atoms with Crippen LogP contribution < -0.4 is 10.3 Å². The second kappa shape index (κ2) is 11.1. The first-order valence-electron chi connectivity index (χ1n) is 13.2. The van der Waals surface area contributed by atoms with E-state index in [9.17, 15) is 9.59 Å². The zero-order valence-electron chi connectivity index (χ0n) is 22.1. The number of aromatic nitrogens is 5. The highest BCUT2D eigenvalue weighted by atomic mass is 16.5. The fourth-order valence-corrected chi connectivity index (χ4v) is 5.22. The fraction of sp³-hybridized carbons (Fsp3) is 0.276. The van der Waals surface area contributed by atoms with Crippen LogP contribution in [0.25, 0.3) is 10.9 Å². The summed E-state index contributed by atoms with van der Waals surface area (Å²) in [5.41, 5.74) is 2.20. The van der Waals surface area contributed by atoms with Gasteiger partial charge in [0.2, 0.25) is 0 Å². The zero-order chi connectivity index (χ0) is 27.5. The lowest BCUT2D eigenvalue weighted by molar-refractivity contribution is 0.0558. The van der Waals surface area contributed by atoms with E-state index >= 15 is 0 Å². The van der Waals surface area contributed by atoms with Gasteiger partial charge in [-0.3, -0.25) is 14.5 Å². The van der Waals surface area contributed by atoms with E-state index in [4.69, 9.17) is 9.15 Å². The second-order valence-corrected chi connectivity index (χ2v) is 9.71. The Morgan fingerprint density at radius 3 is 2.62 bits per heavy atom. The lowest BCUT2D eigenvalue weighted by Gasteiger charge is -2.38. The number of methoxy groups -OCH3 is 1. The van der Waals surface area contributed by atoms with Crippen LogP contribution in [0.1, 0.15) is 33.5 Å². The molecule has 1 amide bonds. The van der Waals surface area contributed by atoms with Gasteiger partial charge in [0.25, 0.3) is 11.5 Å². The Labute approximate surface area is 230 Å². The Balaban J connectivity index is 1.35. The quantitative estimate of drug-likeness (QED) is 0.319. The van der Waals surface area contributed by atoms with Gasteiger partial charge in [0.15, 0.2) is 11.6 Å². The number of tetrazole rings is 1. The zero-order valence-corrected chi connectivity index (χ0v) is 22.1. The van der Waals surface area contributed by atoms with Crippen LogP contribution >= 0.6 is 0 Å². The summed E-state index contributed by atoms with van der Waals surface area (Å²) in [6.07, 6.45) is 2.23. The molecule has 2 aromatic carbocycles. The number of hydrogen-bond acceptors (Lipinski definition) is 8. The minimum atomic E-state index is -0.522. The third-order valence-corrected chi connectivity index (χ3v) is 7.33. The number of aryl methyl sites for hydroxylation is 2. The smallest absolute Gasteiger partial charge is 0.289 e. The molecule has 6 rings (SSSR count). The number of nitrogens with one attached hydrogen (secondary N) is 1. The highest BCUT2D eigenvalue weighted by molar-refractivity contribution is 5.91. The summed E-state index contributed by atoms with van der Waals surface area (Å²) in [6.45, 7) is 2.55. The lowest BCUT2D eigenvalue weighted by atomic mass is 10.0. The van der Waals surface area contributed by atoms with Crippen molar-refractivity contribution in [1.29, 1.82) is 0 Å². The van der Waals surface area contributed by atoms with Gasteiger partial charge in [-0.05, 0) is 58.8 Å². The van der Waals surface area contributed by atoms with Crippen molar-refractivity contribution in [3.63, 3.8) is 0 Å². The number of H-pyrrole nitrogens is 1. The first kappa shape index (κ1) is 25.5. The molecule has 0 aliphatic carbocycles. The minimum absolute atomic E-state index is 0.149. The van der Waals surface area contributed by atoms with Crippen molar-refractivity contribution in [1.82, 2.24) is 35.0 Å². The molecule has 0 saturated carbocycles. The SMILES string of the molecule is COc1ccc2[nH]c(=O)c([C@H](c3nnnn3CCc3ccccc3)N3CCN(C(=O)c4ccco4)CC3)cc2c1. The van der Waals surface area contributed by atoms with Gasteiger partial charge in [0.1, 0.15) is 11.8 Å². The maximum absolute atomic E-state index is 13.5. The monoisotopic (exact) mass is 539 g/mol. The molecule has 1 atom stereocenters. The average molecular weight is 540 g/mol. The maximum atomic E-state index is 13.5. The van der Waals surface area contributed by atoms with Crippen molar-refractivity contribution >= 4 is 16.8 Å². The summed E-state index contributed by atoms with van der Waals surface area (Å²) in [5, 5.41) is 13.5. The number of fused-ring (bicyclic) bond motifs is 1. The van der Waals surface area contributed by atoms with Crippen LogP contribution in [0.5, 0.6) is 5.75 Å². The predicted octanol–water partition coefficient (Wildman–Crippen LogP) is 2.91. The van der Waals surface area contributed by atoms with E-state index < -0.39 is 6.04 Å². The molecule has 1 saturated heterocycles. The Morgan fingerprint density at radius 2 is 1.88 bits per heavy atom. The van der Waals surface area contributed by atoms with Gasteiger partial charge in [-0.25, -0.2) is 4.68 Å². The summed E-state index contributed by atoms with van der Waals surface area (Å²) in [5.74, 6) is 1.44. The average Bonchev–Trinajstić information content (AvgIpc) is 3.70. The molecule has 1 aliphatic heterocycles. The molecular formula is C29H29N7O4. The van der Waals surface area contributed by atoms with E-state index in [-0.39, 0.29) is 11.5 Å². The van der Waals surface area contributed by atoms with Crippen LogP contribution in [0.4, 0.5) is 0 Å². The molecule has 0 radical (unpaired) electrons. The molecule has 11 heteroatoms. The molecule has 4 heterocycles. The van der Waals surface area contributed by atoms with Gasteiger partial charge in [0, 0.05) is 49.2 Å². The van der Waals surface area contributed by atoms with Gasteiger partial charge >= 0.3 is 0 Å². The Hall–Kier alpha value is -4.77. The largest absolute Gasteiger partial charge is 0.497 e. The molecule has 0 bridgehead atoms. The van der Waals surface area contributed by atoms with E-state index in [1.807, 2.05) is 42.5 Å². The first-order chi connectivity index (χ1) is 19.6. The van der Waals surface area contributed by atoms with Crippen LogP contribution in [0, 0.1) is 0 Å². The molecule has 204 valence electrons. The summed E-state index contributed by atoms with van der Waals surface area (Å²) in [4.78, 5) is 33.3. The van der Waals surface area contributed by atoms with Gasteiger partial charge < -0.3 is 19.0 Å². The van der Waals surface area contributed by atoms with Crippen LogP contribution in [0.3, 0.4) is 0 Å². The van der Waals surface area contributed by atoms with Crippen molar-refractivity contribution in [2.24, 2.45) is 0 Å². The topological polar surface area (TPSA) is 122 Å². The molecular weight excluding hydrogens is 510 g/mol.